The Morgan fingerprint density at radius 1 is 0.909 bits per heavy atom. The molecule has 0 rings (SSSR count). The summed E-state index contributed by atoms with van der Waals surface area (Å²) in [5.74, 6) is 0.297. The second-order valence-electron chi connectivity index (χ2n) is 4.05. The van der Waals surface area contributed by atoms with E-state index in [-0.39, 0.29) is 23.9 Å². The lowest BCUT2D eigenvalue weighted by atomic mass is 10.3. The van der Waals surface area contributed by atoms with E-state index in [1.54, 1.807) is 0 Å². The minimum atomic E-state index is -3.83. The Morgan fingerprint density at radius 3 is 1.36 bits per heavy atom. The first-order chi connectivity index (χ1) is 4.83. The van der Waals surface area contributed by atoms with E-state index in [1.165, 1.54) is 0 Å². The zero-order valence-corrected chi connectivity index (χ0v) is 8.82. The first kappa shape index (κ1) is 11.1. The Bertz CT molecular complexity index is 98.7. The van der Waals surface area contributed by atoms with Crippen LogP contribution >= 0.6 is 0 Å². The summed E-state index contributed by atoms with van der Waals surface area (Å²) in [6.07, 6.45) is 0. The molecule has 0 nitrogen and oxygen atoms in total. The highest BCUT2D eigenvalue weighted by Gasteiger charge is 2.36. The summed E-state index contributed by atoms with van der Waals surface area (Å²) >= 11 is 0. The molecule has 0 aliphatic heterocycles. The average molecular weight is 180 g/mol. The fourth-order valence-corrected chi connectivity index (χ4v) is 3.83. The third-order valence-corrected chi connectivity index (χ3v) is 4.24. The zero-order chi connectivity index (χ0) is 9.07. The molecular formula is C8H18F2Si. The highest BCUT2D eigenvalue weighted by molar-refractivity contribution is 6.66. The van der Waals surface area contributed by atoms with E-state index >= 15 is 0 Å². The lowest BCUT2D eigenvalue weighted by molar-refractivity contribution is 0.519. The summed E-state index contributed by atoms with van der Waals surface area (Å²) in [5.41, 5.74) is 0. The molecule has 0 aromatic heterocycles. The fraction of sp³-hybridized carbons (Fsp3) is 1.00. The second-order valence-corrected chi connectivity index (χ2v) is 6.58. The van der Waals surface area contributed by atoms with Gasteiger partial charge in [0, 0.05) is 12.1 Å². The lowest BCUT2D eigenvalue weighted by Crippen LogP contribution is -2.26. The summed E-state index contributed by atoms with van der Waals surface area (Å²) in [6.45, 7) is 7.45. The van der Waals surface area contributed by atoms with Gasteiger partial charge in [-0.15, -0.1) is 0 Å². The normalized spacial score (nSPS) is 13.1. The highest BCUT2D eigenvalue weighted by atomic mass is 28.4. The minimum absolute atomic E-state index is 0.149. The molecule has 0 aliphatic carbocycles. The topological polar surface area (TPSA) is 0 Å². The van der Waals surface area contributed by atoms with Gasteiger partial charge < -0.3 is 0 Å². The van der Waals surface area contributed by atoms with Crippen LogP contribution in [0.25, 0.3) is 0 Å². The maximum Gasteiger partial charge on any atom is 0.425 e. The summed E-state index contributed by atoms with van der Waals surface area (Å²) in [5, 5.41) is 0. The Labute approximate surface area is 69.4 Å². The van der Waals surface area contributed by atoms with Crippen molar-refractivity contribution in [2.45, 2.75) is 39.8 Å². The number of hydrogen-bond donors (Lipinski definition) is 0. The molecule has 0 aromatic rings. The fourth-order valence-electron chi connectivity index (χ4n) is 1.28. The van der Waals surface area contributed by atoms with Gasteiger partial charge in [-0.3, -0.25) is 8.22 Å². The molecule has 0 aliphatic rings. The predicted octanol–water partition coefficient (Wildman–Crippen LogP) is 3.68. The van der Waals surface area contributed by atoms with Crippen LogP contribution < -0.4 is 0 Å². The average Bonchev–Trinajstić information content (AvgIpc) is 1.53. The van der Waals surface area contributed by atoms with Gasteiger partial charge in [-0.1, -0.05) is 27.7 Å². The molecule has 68 valence electrons. The third-order valence-electron chi connectivity index (χ3n) is 1.41. The molecule has 0 amide bonds. The van der Waals surface area contributed by atoms with Crippen LogP contribution in [0, 0.1) is 11.8 Å². The zero-order valence-electron chi connectivity index (χ0n) is 7.82. The molecule has 0 heterocycles. The van der Waals surface area contributed by atoms with E-state index in [0.29, 0.717) is 0 Å². The van der Waals surface area contributed by atoms with Crippen molar-refractivity contribution < 1.29 is 8.22 Å². The van der Waals surface area contributed by atoms with E-state index in [4.69, 9.17) is 0 Å². The quantitative estimate of drug-likeness (QED) is 0.457. The molecule has 11 heavy (non-hydrogen) atoms. The van der Waals surface area contributed by atoms with Crippen molar-refractivity contribution in [1.82, 2.24) is 0 Å². The third kappa shape index (κ3) is 6.47. The van der Waals surface area contributed by atoms with Crippen LogP contribution in [0.4, 0.5) is 8.22 Å². The summed E-state index contributed by atoms with van der Waals surface area (Å²) < 4.78 is 26.1. The van der Waals surface area contributed by atoms with Crippen molar-refractivity contribution in [2.24, 2.45) is 11.8 Å². The van der Waals surface area contributed by atoms with Crippen LogP contribution in [-0.2, 0) is 0 Å². The Hall–Kier alpha value is 0.0769. The summed E-state index contributed by atoms with van der Waals surface area (Å²) in [6, 6.07) is 0.316. The van der Waals surface area contributed by atoms with Crippen molar-refractivity contribution in [3.63, 3.8) is 0 Å². The standard InChI is InChI=1S/C8H18F2Si/c1-7(2)5-11(9,10)6-8(3)4/h7-8H,5-6H2,1-4H3. The number of hydrogen-bond acceptors (Lipinski definition) is 0. The van der Waals surface area contributed by atoms with E-state index in [1.807, 2.05) is 27.7 Å². The SMILES string of the molecule is CC(C)C[Si](F)(F)CC(C)C. The van der Waals surface area contributed by atoms with E-state index < -0.39 is 8.74 Å². The van der Waals surface area contributed by atoms with Gasteiger partial charge in [0.2, 0.25) is 0 Å². The van der Waals surface area contributed by atoms with Crippen LogP contribution in [0.15, 0.2) is 0 Å². The minimum Gasteiger partial charge on any atom is -0.270 e. The maximum absolute atomic E-state index is 13.1. The van der Waals surface area contributed by atoms with Crippen LogP contribution in [0.5, 0.6) is 0 Å². The van der Waals surface area contributed by atoms with Gasteiger partial charge in [0.15, 0.2) is 0 Å². The van der Waals surface area contributed by atoms with Crippen molar-refractivity contribution in [2.75, 3.05) is 0 Å². The van der Waals surface area contributed by atoms with Gasteiger partial charge in [0.1, 0.15) is 0 Å². The molecule has 0 fully saturated rings. The predicted molar refractivity (Wildman–Crippen MR) is 47.3 cm³/mol. The molecular weight excluding hydrogens is 162 g/mol. The van der Waals surface area contributed by atoms with Gasteiger partial charge in [0.05, 0.1) is 0 Å². The van der Waals surface area contributed by atoms with Crippen molar-refractivity contribution >= 4 is 8.74 Å². The molecule has 0 saturated carbocycles. The highest BCUT2D eigenvalue weighted by Crippen LogP contribution is 2.27. The molecule has 0 unspecified atom stereocenters. The van der Waals surface area contributed by atoms with E-state index in [2.05, 4.69) is 0 Å². The molecule has 0 aromatic carbocycles. The Balaban J connectivity index is 3.79. The van der Waals surface area contributed by atoms with E-state index in [0.717, 1.165) is 0 Å². The van der Waals surface area contributed by atoms with Crippen molar-refractivity contribution in [3.8, 4) is 0 Å². The van der Waals surface area contributed by atoms with Crippen LogP contribution in [0.1, 0.15) is 27.7 Å². The smallest absolute Gasteiger partial charge is 0.270 e. The second kappa shape index (κ2) is 4.19. The number of rotatable bonds is 4. The van der Waals surface area contributed by atoms with E-state index in [9.17, 15) is 8.22 Å². The van der Waals surface area contributed by atoms with Gasteiger partial charge >= 0.3 is 8.74 Å². The van der Waals surface area contributed by atoms with Crippen LogP contribution in [-0.4, -0.2) is 8.74 Å². The van der Waals surface area contributed by atoms with Gasteiger partial charge in [0.25, 0.3) is 0 Å². The molecule has 0 atom stereocenters. The lowest BCUT2D eigenvalue weighted by Gasteiger charge is -2.16. The maximum atomic E-state index is 13.1. The molecule has 0 saturated heterocycles. The summed E-state index contributed by atoms with van der Waals surface area (Å²) in [4.78, 5) is 0. The van der Waals surface area contributed by atoms with Gasteiger partial charge in [-0.05, 0) is 11.8 Å². The van der Waals surface area contributed by atoms with Crippen molar-refractivity contribution in [1.29, 1.82) is 0 Å². The molecule has 0 N–H and O–H groups in total. The molecule has 0 bridgehead atoms. The summed E-state index contributed by atoms with van der Waals surface area (Å²) in [7, 11) is -3.83. The van der Waals surface area contributed by atoms with Gasteiger partial charge in [-0.25, -0.2) is 0 Å². The Morgan fingerprint density at radius 2 is 1.18 bits per heavy atom. The first-order valence-corrected chi connectivity index (χ1v) is 6.38. The monoisotopic (exact) mass is 180 g/mol. The van der Waals surface area contributed by atoms with Crippen molar-refractivity contribution in [3.05, 3.63) is 0 Å². The first-order valence-electron chi connectivity index (χ1n) is 4.21. The molecule has 3 heteroatoms. The van der Waals surface area contributed by atoms with Crippen LogP contribution in [0.3, 0.4) is 0 Å². The van der Waals surface area contributed by atoms with Gasteiger partial charge in [-0.2, -0.15) is 0 Å². The van der Waals surface area contributed by atoms with Crippen LogP contribution in [0.2, 0.25) is 12.1 Å². The number of halogens is 2. The largest absolute Gasteiger partial charge is 0.425 e. The molecule has 0 radical (unpaired) electrons. The Kier molecular flexibility index (Phi) is 4.22. The molecule has 0 spiro atoms.